The van der Waals surface area contributed by atoms with Crippen molar-refractivity contribution < 1.29 is 13.9 Å². The smallest absolute Gasteiger partial charge is 0.256 e. The first-order valence-electron chi connectivity index (χ1n) is 5.97. The van der Waals surface area contributed by atoms with Crippen LogP contribution in [-0.4, -0.2) is 23.1 Å². The maximum absolute atomic E-state index is 13.2. The topological polar surface area (TPSA) is 64.4 Å². The van der Waals surface area contributed by atoms with E-state index in [1.165, 1.54) is 18.2 Å². The van der Waals surface area contributed by atoms with E-state index in [-0.39, 0.29) is 10.9 Å². The minimum Gasteiger partial charge on any atom is -0.389 e. The van der Waals surface area contributed by atoms with Gasteiger partial charge < -0.3 is 15.8 Å². The molecule has 0 saturated carbocycles. The Morgan fingerprint density at radius 3 is 2.89 bits per heavy atom. The molecule has 1 heterocycles. The van der Waals surface area contributed by atoms with Gasteiger partial charge in [0.15, 0.2) is 0 Å². The summed E-state index contributed by atoms with van der Waals surface area (Å²) in [4.78, 5) is 12.2. The molecule has 6 heteroatoms. The molecular formula is C13H15FN2O2S. The lowest BCUT2D eigenvalue weighted by molar-refractivity contribution is -0.133. The summed E-state index contributed by atoms with van der Waals surface area (Å²) in [6.45, 7) is 2.30. The number of carbonyl (C=O) groups is 1. The number of halogens is 1. The fraction of sp³-hybridized carbons (Fsp3) is 0.385. The van der Waals surface area contributed by atoms with E-state index in [4.69, 9.17) is 22.7 Å². The van der Waals surface area contributed by atoms with Crippen LogP contribution in [0, 0.1) is 5.82 Å². The highest BCUT2D eigenvalue weighted by atomic mass is 32.1. The van der Waals surface area contributed by atoms with Crippen molar-refractivity contribution in [1.29, 1.82) is 0 Å². The van der Waals surface area contributed by atoms with Gasteiger partial charge in [0.25, 0.3) is 5.91 Å². The van der Waals surface area contributed by atoms with E-state index in [9.17, 15) is 9.18 Å². The van der Waals surface area contributed by atoms with Crippen LogP contribution in [0.3, 0.4) is 0 Å². The number of benzene rings is 1. The molecule has 1 unspecified atom stereocenters. The minimum absolute atomic E-state index is 0.0345. The van der Waals surface area contributed by atoms with Crippen molar-refractivity contribution in [2.45, 2.75) is 25.4 Å². The standard InChI is InChI=1S/C13H15FN2O2S/c1-13(5-2-6-18-13)12(17)16-10-4-3-8(14)7-9(10)11(15)19/h3-4,7H,2,5-6H2,1H3,(H2,15,19)(H,16,17). The quantitative estimate of drug-likeness (QED) is 0.832. The van der Waals surface area contributed by atoms with Crippen molar-refractivity contribution in [2.75, 3.05) is 11.9 Å². The highest BCUT2D eigenvalue weighted by Crippen LogP contribution is 2.27. The summed E-state index contributed by atoms with van der Waals surface area (Å²) in [5.41, 5.74) is 5.39. The van der Waals surface area contributed by atoms with Gasteiger partial charge in [-0.05, 0) is 38.0 Å². The average molecular weight is 282 g/mol. The van der Waals surface area contributed by atoms with Crippen LogP contribution in [0.2, 0.25) is 0 Å². The van der Waals surface area contributed by atoms with Crippen LogP contribution in [0.1, 0.15) is 25.3 Å². The molecule has 3 N–H and O–H groups in total. The molecule has 0 radical (unpaired) electrons. The van der Waals surface area contributed by atoms with Gasteiger partial charge in [0.1, 0.15) is 16.4 Å². The van der Waals surface area contributed by atoms with Crippen LogP contribution in [0.15, 0.2) is 18.2 Å². The number of hydrogen-bond acceptors (Lipinski definition) is 3. The van der Waals surface area contributed by atoms with E-state index in [0.717, 1.165) is 6.42 Å². The third kappa shape index (κ3) is 2.90. The Bertz CT molecular complexity index is 527. The second kappa shape index (κ2) is 5.22. The van der Waals surface area contributed by atoms with Crippen molar-refractivity contribution >= 4 is 28.8 Å². The van der Waals surface area contributed by atoms with Gasteiger partial charge in [-0.25, -0.2) is 4.39 Å². The number of hydrogen-bond donors (Lipinski definition) is 2. The molecule has 0 spiro atoms. The van der Waals surface area contributed by atoms with Crippen LogP contribution < -0.4 is 11.1 Å². The van der Waals surface area contributed by atoms with Gasteiger partial charge in [-0.3, -0.25) is 4.79 Å². The molecule has 1 atom stereocenters. The zero-order chi connectivity index (χ0) is 14.0. The van der Waals surface area contributed by atoms with Crippen molar-refractivity contribution in [1.82, 2.24) is 0 Å². The summed E-state index contributed by atoms with van der Waals surface area (Å²) < 4.78 is 18.6. The molecule has 1 aromatic rings. The third-order valence-corrected chi connectivity index (χ3v) is 3.41. The second-order valence-electron chi connectivity index (χ2n) is 4.69. The molecule has 19 heavy (non-hydrogen) atoms. The van der Waals surface area contributed by atoms with E-state index in [0.29, 0.717) is 24.3 Å². The summed E-state index contributed by atoms with van der Waals surface area (Å²) in [5, 5.41) is 2.70. The van der Waals surface area contributed by atoms with Crippen molar-refractivity contribution in [3.05, 3.63) is 29.6 Å². The molecule has 102 valence electrons. The number of carbonyl (C=O) groups excluding carboxylic acids is 1. The average Bonchev–Trinajstić information content (AvgIpc) is 2.79. The monoisotopic (exact) mass is 282 g/mol. The zero-order valence-corrected chi connectivity index (χ0v) is 11.3. The molecule has 1 fully saturated rings. The lowest BCUT2D eigenvalue weighted by Crippen LogP contribution is -2.39. The number of nitrogens with two attached hydrogens (primary N) is 1. The van der Waals surface area contributed by atoms with Gasteiger partial charge in [0.05, 0.1) is 5.69 Å². The Morgan fingerprint density at radius 1 is 1.58 bits per heavy atom. The Kier molecular flexibility index (Phi) is 3.82. The molecule has 1 aliphatic heterocycles. The largest absolute Gasteiger partial charge is 0.389 e. The molecule has 0 aliphatic carbocycles. The van der Waals surface area contributed by atoms with Crippen LogP contribution >= 0.6 is 12.2 Å². The Morgan fingerprint density at radius 2 is 2.32 bits per heavy atom. The number of nitrogens with one attached hydrogen (secondary N) is 1. The van der Waals surface area contributed by atoms with E-state index in [1.807, 2.05) is 0 Å². The zero-order valence-electron chi connectivity index (χ0n) is 10.5. The number of ether oxygens (including phenoxy) is 1. The van der Waals surface area contributed by atoms with Gasteiger partial charge in [-0.2, -0.15) is 0 Å². The van der Waals surface area contributed by atoms with Gasteiger partial charge in [-0.15, -0.1) is 0 Å². The van der Waals surface area contributed by atoms with Gasteiger partial charge in [0, 0.05) is 12.2 Å². The number of amides is 1. The van der Waals surface area contributed by atoms with Crippen molar-refractivity contribution in [3.8, 4) is 0 Å². The Hall–Kier alpha value is -1.53. The van der Waals surface area contributed by atoms with Crippen LogP contribution in [0.4, 0.5) is 10.1 Å². The summed E-state index contributed by atoms with van der Waals surface area (Å²) >= 11 is 4.85. The number of anilines is 1. The fourth-order valence-electron chi connectivity index (χ4n) is 2.04. The second-order valence-corrected chi connectivity index (χ2v) is 5.13. The molecule has 4 nitrogen and oxygen atoms in total. The number of rotatable bonds is 3. The Balaban J connectivity index is 2.23. The van der Waals surface area contributed by atoms with Gasteiger partial charge in [0.2, 0.25) is 0 Å². The predicted octanol–water partition coefficient (Wildman–Crippen LogP) is 1.97. The lowest BCUT2D eigenvalue weighted by Gasteiger charge is -2.22. The summed E-state index contributed by atoms with van der Waals surface area (Å²) in [5.74, 6) is -0.724. The molecule has 0 aromatic heterocycles. The first-order chi connectivity index (χ1) is 8.92. The first kappa shape index (κ1) is 13.9. The normalized spacial score (nSPS) is 22.2. The van der Waals surface area contributed by atoms with Gasteiger partial charge >= 0.3 is 0 Å². The molecular weight excluding hydrogens is 267 g/mol. The highest BCUT2D eigenvalue weighted by Gasteiger charge is 2.37. The summed E-state index contributed by atoms with van der Waals surface area (Å²) in [6, 6.07) is 3.89. The molecule has 1 aromatic carbocycles. The van der Waals surface area contributed by atoms with E-state index >= 15 is 0 Å². The fourth-order valence-corrected chi connectivity index (χ4v) is 2.21. The highest BCUT2D eigenvalue weighted by molar-refractivity contribution is 7.80. The predicted molar refractivity (Wildman–Crippen MR) is 74.5 cm³/mol. The molecule has 2 rings (SSSR count). The maximum atomic E-state index is 13.2. The van der Waals surface area contributed by atoms with E-state index in [2.05, 4.69) is 5.32 Å². The van der Waals surface area contributed by atoms with Crippen LogP contribution in [-0.2, 0) is 9.53 Å². The minimum atomic E-state index is -0.845. The lowest BCUT2D eigenvalue weighted by atomic mass is 10.0. The van der Waals surface area contributed by atoms with Gasteiger partial charge in [-0.1, -0.05) is 12.2 Å². The number of thiocarbonyl (C=S) groups is 1. The van der Waals surface area contributed by atoms with Crippen molar-refractivity contribution in [2.24, 2.45) is 5.73 Å². The SMILES string of the molecule is CC1(C(=O)Nc2ccc(F)cc2C(N)=S)CCCO1. The van der Waals surface area contributed by atoms with Crippen molar-refractivity contribution in [3.63, 3.8) is 0 Å². The van der Waals surface area contributed by atoms with E-state index < -0.39 is 11.4 Å². The molecule has 0 bridgehead atoms. The molecule has 1 aliphatic rings. The maximum Gasteiger partial charge on any atom is 0.256 e. The first-order valence-corrected chi connectivity index (χ1v) is 6.38. The third-order valence-electron chi connectivity index (χ3n) is 3.19. The summed E-state index contributed by atoms with van der Waals surface area (Å²) in [6.07, 6.45) is 1.50. The summed E-state index contributed by atoms with van der Waals surface area (Å²) in [7, 11) is 0. The van der Waals surface area contributed by atoms with Crippen LogP contribution in [0.5, 0.6) is 0 Å². The van der Waals surface area contributed by atoms with Crippen LogP contribution in [0.25, 0.3) is 0 Å². The Labute approximate surface area is 116 Å². The van der Waals surface area contributed by atoms with E-state index in [1.54, 1.807) is 6.92 Å². The molecule has 1 amide bonds. The molecule has 1 saturated heterocycles.